The topological polar surface area (TPSA) is 78.4 Å². The van der Waals surface area contributed by atoms with Gasteiger partial charge in [0.2, 0.25) is 0 Å². The van der Waals surface area contributed by atoms with E-state index in [0.717, 1.165) is 0 Å². The van der Waals surface area contributed by atoms with Crippen LogP contribution in [0.4, 0.5) is 10.1 Å². The number of nitro benzene ring substituents is 1. The molecular weight excluding hydrogens is 295 g/mol. The van der Waals surface area contributed by atoms with Crippen LogP contribution in [0.25, 0.3) is 0 Å². The summed E-state index contributed by atoms with van der Waals surface area (Å²) in [4.78, 5) is 10.5. The maximum Gasteiger partial charge on any atom is 0.311 e. The Morgan fingerprint density at radius 2 is 1.95 bits per heavy atom. The normalized spacial score (nSPS) is 10.1. The second-order valence-corrected chi connectivity index (χ2v) is 4.66. The zero-order valence-electron chi connectivity index (χ0n) is 10.8. The van der Waals surface area contributed by atoms with E-state index in [4.69, 9.17) is 22.7 Å². The molecule has 0 atom stereocenters. The first kappa shape index (κ1) is 14.9. The van der Waals surface area contributed by atoms with Gasteiger partial charge in [0.25, 0.3) is 0 Å². The van der Waals surface area contributed by atoms with Crippen molar-refractivity contribution >= 4 is 22.9 Å². The van der Waals surface area contributed by atoms with Crippen LogP contribution in [0.15, 0.2) is 42.5 Å². The zero-order chi connectivity index (χ0) is 15.4. The van der Waals surface area contributed by atoms with Crippen molar-refractivity contribution in [2.45, 2.75) is 6.61 Å². The van der Waals surface area contributed by atoms with Gasteiger partial charge >= 0.3 is 5.69 Å². The van der Waals surface area contributed by atoms with Gasteiger partial charge in [-0.3, -0.25) is 10.1 Å². The van der Waals surface area contributed by atoms with E-state index in [1.54, 1.807) is 18.2 Å². The molecule has 0 heterocycles. The van der Waals surface area contributed by atoms with Crippen LogP contribution in [0, 0.1) is 15.9 Å². The van der Waals surface area contributed by atoms with E-state index in [9.17, 15) is 14.5 Å². The maximum absolute atomic E-state index is 12.8. The van der Waals surface area contributed by atoms with E-state index in [-0.39, 0.29) is 28.8 Å². The van der Waals surface area contributed by atoms with Gasteiger partial charge in [0.15, 0.2) is 5.75 Å². The number of hydrogen-bond acceptors (Lipinski definition) is 4. The average molecular weight is 306 g/mol. The van der Waals surface area contributed by atoms with Crippen LogP contribution in [0.5, 0.6) is 5.75 Å². The summed E-state index contributed by atoms with van der Waals surface area (Å²) in [6.45, 7) is 0.0908. The average Bonchev–Trinajstić information content (AvgIpc) is 2.46. The molecule has 0 fully saturated rings. The summed E-state index contributed by atoms with van der Waals surface area (Å²) in [5.74, 6) is -0.255. The van der Waals surface area contributed by atoms with Crippen LogP contribution in [0.3, 0.4) is 0 Å². The minimum atomic E-state index is -0.568. The largest absolute Gasteiger partial charge is 0.482 e. The SMILES string of the molecule is NC(=S)c1ccc(OCc2ccc(F)cc2)c([N+](=O)[O-])c1. The summed E-state index contributed by atoms with van der Waals surface area (Å²) in [5.41, 5.74) is 6.32. The molecule has 5 nitrogen and oxygen atoms in total. The molecule has 0 saturated heterocycles. The van der Waals surface area contributed by atoms with Crippen LogP contribution in [-0.4, -0.2) is 9.91 Å². The van der Waals surface area contributed by atoms with Gasteiger partial charge in [-0.05, 0) is 29.8 Å². The number of hydrogen-bond donors (Lipinski definition) is 1. The number of rotatable bonds is 5. The third-order valence-electron chi connectivity index (χ3n) is 2.75. The number of nitro groups is 1. The Kier molecular flexibility index (Phi) is 4.44. The lowest BCUT2D eigenvalue weighted by Gasteiger charge is -2.08. The minimum Gasteiger partial charge on any atom is -0.482 e. The molecule has 0 unspecified atom stereocenters. The third kappa shape index (κ3) is 3.73. The lowest BCUT2D eigenvalue weighted by Crippen LogP contribution is -2.10. The Bertz CT molecular complexity index is 689. The van der Waals surface area contributed by atoms with E-state index in [0.29, 0.717) is 11.1 Å². The van der Waals surface area contributed by atoms with Crippen LogP contribution in [-0.2, 0) is 6.61 Å². The zero-order valence-corrected chi connectivity index (χ0v) is 11.6. The smallest absolute Gasteiger partial charge is 0.311 e. The van der Waals surface area contributed by atoms with Crippen molar-refractivity contribution in [2.24, 2.45) is 5.73 Å². The molecule has 0 amide bonds. The number of nitrogens with two attached hydrogens (primary N) is 1. The Labute approximate surface area is 125 Å². The van der Waals surface area contributed by atoms with Crippen LogP contribution >= 0.6 is 12.2 Å². The van der Waals surface area contributed by atoms with Gasteiger partial charge in [-0.25, -0.2) is 4.39 Å². The maximum atomic E-state index is 12.8. The molecular formula is C14H11FN2O3S. The Morgan fingerprint density at radius 3 is 2.52 bits per heavy atom. The molecule has 0 saturated carbocycles. The highest BCUT2D eigenvalue weighted by atomic mass is 32.1. The van der Waals surface area contributed by atoms with E-state index in [1.165, 1.54) is 24.3 Å². The highest BCUT2D eigenvalue weighted by Gasteiger charge is 2.17. The first-order valence-corrected chi connectivity index (χ1v) is 6.33. The highest BCUT2D eigenvalue weighted by molar-refractivity contribution is 7.80. The van der Waals surface area contributed by atoms with Gasteiger partial charge in [0.1, 0.15) is 17.4 Å². The molecule has 0 spiro atoms. The molecule has 21 heavy (non-hydrogen) atoms. The summed E-state index contributed by atoms with van der Waals surface area (Å²) in [6.07, 6.45) is 0. The van der Waals surface area contributed by atoms with Crippen molar-refractivity contribution in [3.8, 4) is 5.75 Å². The Hall–Kier alpha value is -2.54. The van der Waals surface area contributed by atoms with Crippen LogP contribution in [0.2, 0.25) is 0 Å². The summed E-state index contributed by atoms with van der Waals surface area (Å²) >= 11 is 4.78. The molecule has 0 aliphatic rings. The van der Waals surface area contributed by atoms with Crippen molar-refractivity contribution < 1.29 is 14.1 Å². The third-order valence-corrected chi connectivity index (χ3v) is 2.98. The lowest BCUT2D eigenvalue weighted by atomic mass is 10.2. The quantitative estimate of drug-likeness (QED) is 0.522. The molecule has 0 aliphatic carbocycles. The van der Waals surface area contributed by atoms with Crippen molar-refractivity contribution in [1.29, 1.82) is 0 Å². The molecule has 7 heteroatoms. The van der Waals surface area contributed by atoms with Crippen molar-refractivity contribution in [1.82, 2.24) is 0 Å². The number of nitrogens with zero attached hydrogens (tertiary/aromatic N) is 1. The number of benzene rings is 2. The molecule has 2 N–H and O–H groups in total. The van der Waals surface area contributed by atoms with Crippen molar-refractivity contribution in [2.75, 3.05) is 0 Å². The second kappa shape index (κ2) is 6.27. The van der Waals surface area contributed by atoms with Gasteiger partial charge in [-0.1, -0.05) is 24.4 Å². The predicted molar refractivity (Wildman–Crippen MR) is 79.7 cm³/mol. The Morgan fingerprint density at radius 1 is 1.29 bits per heavy atom. The van der Waals surface area contributed by atoms with E-state index in [2.05, 4.69) is 0 Å². The van der Waals surface area contributed by atoms with Crippen molar-refractivity contribution in [3.63, 3.8) is 0 Å². The predicted octanol–water partition coefficient (Wildman–Crippen LogP) is 2.95. The summed E-state index contributed by atoms with van der Waals surface area (Å²) in [5, 5.41) is 11.0. The molecule has 0 radical (unpaired) electrons. The Balaban J connectivity index is 2.21. The fourth-order valence-corrected chi connectivity index (χ4v) is 1.80. The van der Waals surface area contributed by atoms with Gasteiger partial charge in [-0.2, -0.15) is 0 Å². The van der Waals surface area contributed by atoms with Gasteiger partial charge in [-0.15, -0.1) is 0 Å². The van der Waals surface area contributed by atoms with Gasteiger partial charge in [0, 0.05) is 11.6 Å². The first-order chi connectivity index (χ1) is 9.97. The molecule has 2 aromatic carbocycles. The number of ether oxygens (including phenoxy) is 1. The summed E-state index contributed by atoms with van der Waals surface area (Å²) in [6, 6.07) is 9.94. The molecule has 2 aromatic rings. The molecule has 108 valence electrons. The summed E-state index contributed by atoms with van der Waals surface area (Å²) in [7, 11) is 0. The molecule has 0 bridgehead atoms. The van der Waals surface area contributed by atoms with Crippen LogP contribution < -0.4 is 10.5 Å². The monoisotopic (exact) mass is 306 g/mol. The van der Waals surface area contributed by atoms with E-state index >= 15 is 0 Å². The van der Waals surface area contributed by atoms with E-state index < -0.39 is 4.92 Å². The van der Waals surface area contributed by atoms with E-state index in [1.807, 2.05) is 0 Å². The lowest BCUT2D eigenvalue weighted by molar-refractivity contribution is -0.386. The number of halogens is 1. The molecule has 0 aliphatic heterocycles. The van der Waals surface area contributed by atoms with Crippen LogP contribution in [0.1, 0.15) is 11.1 Å². The fourth-order valence-electron chi connectivity index (χ4n) is 1.68. The first-order valence-electron chi connectivity index (χ1n) is 5.93. The summed E-state index contributed by atoms with van der Waals surface area (Å²) < 4.78 is 18.2. The fraction of sp³-hybridized carbons (Fsp3) is 0.0714. The molecule has 0 aromatic heterocycles. The van der Waals surface area contributed by atoms with Gasteiger partial charge in [0.05, 0.1) is 4.92 Å². The molecule has 2 rings (SSSR count). The van der Waals surface area contributed by atoms with Crippen molar-refractivity contribution in [3.05, 3.63) is 69.5 Å². The van der Waals surface area contributed by atoms with Gasteiger partial charge < -0.3 is 10.5 Å². The standard InChI is InChI=1S/C14H11FN2O3S/c15-11-4-1-9(2-5-11)8-20-13-6-3-10(14(16)21)7-12(13)17(18)19/h1-7H,8H2,(H2,16,21). The minimum absolute atomic E-state index is 0.0724. The highest BCUT2D eigenvalue weighted by Crippen LogP contribution is 2.28. The second-order valence-electron chi connectivity index (χ2n) is 4.22. The number of thiocarbonyl (C=S) groups is 1.